The fourth-order valence-corrected chi connectivity index (χ4v) is 5.45. The largest absolute Gasteiger partial charge is 0.466 e. The number of methoxy groups -OCH3 is 1. The van der Waals surface area contributed by atoms with Crippen molar-refractivity contribution in [3.05, 3.63) is 88.7 Å². The van der Waals surface area contributed by atoms with E-state index in [9.17, 15) is 9.59 Å². The molecule has 0 saturated heterocycles. The smallest absolute Gasteiger partial charge is 0.338 e. The zero-order valence-electron chi connectivity index (χ0n) is 18.1. The highest BCUT2D eigenvalue weighted by molar-refractivity contribution is 7.11. The molecule has 0 bridgehead atoms. The van der Waals surface area contributed by atoms with Crippen LogP contribution in [0.25, 0.3) is 6.08 Å². The Hall–Kier alpha value is -2.77. The first-order chi connectivity index (χ1) is 14.7. The van der Waals surface area contributed by atoms with Crippen LogP contribution in [0.1, 0.15) is 49.7 Å². The first-order valence-electron chi connectivity index (χ1n) is 9.95. The Kier molecular flexibility index (Phi) is 5.58. The van der Waals surface area contributed by atoms with Gasteiger partial charge < -0.3 is 4.74 Å². The molecule has 0 radical (unpaired) electrons. The van der Waals surface area contributed by atoms with Gasteiger partial charge >= 0.3 is 5.97 Å². The van der Waals surface area contributed by atoms with Crippen molar-refractivity contribution in [3.8, 4) is 0 Å². The molecule has 31 heavy (non-hydrogen) atoms. The number of benzene rings is 1. The van der Waals surface area contributed by atoms with E-state index in [2.05, 4.69) is 37.9 Å². The zero-order chi connectivity index (χ0) is 22.3. The van der Waals surface area contributed by atoms with E-state index in [1.807, 2.05) is 35.7 Å². The first kappa shape index (κ1) is 21.5. The van der Waals surface area contributed by atoms with E-state index in [0.29, 0.717) is 20.6 Å². The van der Waals surface area contributed by atoms with Gasteiger partial charge in [0, 0.05) is 4.88 Å². The van der Waals surface area contributed by atoms with E-state index in [1.165, 1.54) is 24.0 Å². The van der Waals surface area contributed by atoms with Crippen molar-refractivity contribution in [2.45, 2.75) is 39.2 Å². The predicted molar refractivity (Wildman–Crippen MR) is 125 cm³/mol. The maximum Gasteiger partial charge on any atom is 0.338 e. The van der Waals surface area contributed by atoms with Crippen LogP contribution >= 0.6 is 22.7 Å². The second-order valence-electron chi connectivity index (χ2n) is 8.46. The highest BCUT2D eigenvalue weighted by Gasteiger charge is 2.33. The third kappa shape index (κ3) is 3.95. The van der Waals surface area contributed by atoms with Gasteiger partial charge in [0.15, 0.2) is 4.80 Å². The third-order valence-corrected chi connectivity index (χ3v) is 7.14. The molecule has 1 atom stereocenters. The van der Waals surface area contributed by atoms with Gasteiger partial charge in [-0.15, -0.1) is 11.3 Å². The molecule has 1 unspecified atom stereocenters. The summed E-state index contributed by atoms with van der Waals surface area (Å²) in [6, 6.07) is 11.4. The number of allylic oxidation sites excluding steroid dienone is 1. The van der Waals surface area contributed by atoms with Crippen LogP contribution in [0, 0.1) is 0 Å². The lowest BCUT2D eigenvalue weighted by molar-refractivity contribution is -0.136. The number of thiazole rings is 1. The highest BCUT2D eigenvalue weighted by atomic mass is 32.1. The molecule has 0 aliphatic carbocycles. The molecule has 4 rings (SSSR count). The Balaban J connectivity index is 1.95. The van der Waals surface area contributed by atoms with Crippen LogP contribution in [0.2, 0.25) is 0 Å². The summed E-state index contributed by atoms with van der Waals surface area (Å²) in [5.41, 5.74) is 2.84. The lowest BCUT2D eigenvalue weighted by Gasteiger charge is -2.25. The summed E-state index contributed by atoms with van der Waals surface area (Å²) in [5, 5.41) is 1.97. The molecule has 1 aromatic carbocycles. The molecule has 3 heterocycles. The van der Waals surface area contributed by atoms with Gasteiger partial charge in [0.05, 0.1) is 29.0 Å². The summed E-state index contributed by atoms with van der Waals surface area (Å²) in [6.07, 6.45) is 1.88. The van der Waals surface area contributed by atoms with Crippen molar-refractivity contribution in [2.75, 3.05) is 7.11 Å². The van der Waals surface area contributed by atoms with Gasteiger partial charge in [0.1, 0.15) is 0 Å². The van der Waals surface area contributed by atoms with Crippen LogP contribution < -0.4 is 14.9 Å². The summed E-state index contributed by atoms with van der Waals surface area (Å²) in [4.78, 5) is 32.3. The van der Waals surface area contributed by atoms with E-state index < -0.39 is 12.0 Å². The standard InChI is InChI=1S/C24H24N2O3S2/c1-14-19(22(28)29-5)20(15-8-10-16(11-9-15)24(2,3)4)26-21(27)18(31-23(26)25-14)13-17-7-6-12-30-17/h6-13,20H,1-5H3/b18-13+. The van der Waals surface area contributed by atoms with Gasteiger partial charge in [-0.05, 0) is 41.0 Å². The van der Waals surface area contributed by atoms with Crippen molar-refractivity contribution >= 4 is 34.7 Å². The molecule has 0 saturated carbocycles. The molecule has 5 nitrogen and oxygen atoms in total. The van der Waals surface area contributed by atoms with Crippen LogP contribution in [0.5, 0.6) is 0 Å². The number of fused-ring (bicyclic) bond motifs is 1. The minimum Gasteiger partial charge on any atom is -0.466 e. The van der Waals surface area contributed by atoms with E-state index in [-0.39, 0.29) is 11.0 Å². The summed E-state index contributed by atoms with van der Waals surface area (Å²) < 4.78 is 7.28. The number of ether oxygens (including phenoxy) is 1. The maximum atomic E-state index is 13.4. The lowest BCUT2D eigenvalue weighted by Crippen LogP contribution is -2.39. The summed E-state index contributed by atoms with van der Waals surface area (Å²) in [5.74, 6) is -0.473. The molecule has 1 aliphatic rings. The molecular weight excluding hydrogens is 428 g/mol. The first-order valence-corrected chi connectivity index (χ1v) is 11.6. The van der Waals surface area contributed by atoms with E-state index >= 15 is 0 Å². The number of hydrogen-bond donors (Lipinski definition) is 0. The lowest BCUT2D eigenvalue weighted by atomic mass is 9.85. The SMILES string of the molecule is COC(=O)C1=C(C)N=c2s/c(=C/c3cccs3)c(=O)n2C1c1ccc(C(C)(C)C)cc1. The average Bonchev–Trinajstić information content (AvgIpc) is 3.34. The number of carbonyl (C=O) groups is 1. The summed E-state index contributed by atoms with van der Waals surface area (Å²) >= 11 is 2.91. The minimum atomic E-state index is -0.580. The predicted octanol–water partition coefficient (Wildman–Crippen LogP) is 3.77. The zero-order valence-corrected chi connectivity index (χ0v) is 19.8. The van der Waals surface area contributed by atoms with Crippen LogP contribution in [0.15, 0.2) is 62.8 Å². The van der Waals surface area contributed by atoms with E-state index in [4.69, 9.17) is 4.74 Å². The van der Waals surface area contributed by atoms with Crippen LogP contribution in [-0.4, -0.2) is 17.6 Å². The van der Waals surface area contributed by atoms with Crippen molar-refractivity contribution < 1.29 is 9.53 Å². The average molecular weight is 453 g/mol. The van der Waals surface area contributed by atoms with Gasteiger partial charge in [0.2, 0.25) is 0 Å². The Morgan fingerprint density at radius 1 is 1.19 bits per heavy atom. The quantitative estimate of drug-likeness (QED) is 0.569. The molecule has 7 heteroatoms. The normalized spacial score (nSPS) is 16.8. The maximum absolute atomic E-state index is 13.4. The fraction of sp³-hybridized carbons (Fsp3) is 0.292. The molecule has 3 aromatic rings. The Labute approximate surface area is 188 Å². The van der Waals surface area contributed by atoms with Gasteiger partial charge in [-0.3, -0.25) is 9.36 Å². The molecule has 0 spiro atoms. The molecule has 2 aromatic heterocycles. The number of aromatic nitrogens is 1. The number of rotatable bonds is 3. The number of nitrogens with zero attached hydrogens (tertiary/aromatic N) is 2. The summed E-state index contributed by atoms with van der Waals surface area (Å²) in [6.45, 7) is 8.25. The van der Waals surface area contributed by atoms with Crippen LogP contribution in [-0.2, 0) is 14.9 Å². The number of hydrogen-bond acceptors (Lipinski definition) is 6. The minimum absolute atomic E-state index is 0.00454. The topological polar surface area (TPSA) is 60.7 Å². The van der Waals surface area contributed by atoms with E-state index in [0.717, 1.165) is 10.4 Å². The van der Waals surface area contributed by atoms with E-state index in [1.54, 1.807) is 22.8 Å². The molecule has 0 amide bonds. The number of carbonyl (C=O) groups excluding carboxylic acids is 1. The summed E-state index contributed by atoms with van der Waals surface area (Å²) in [7, 11) is 1.35. The van der Waals surface area contributed by atoms with Crippen LogP contribution in [0.4, 0.5) is 0 Å². The molecule has 0 N–H and O–H groups in total. The van der Waals surface area contributed by atoms with Gasteiger partial charge in [-0.25, -0.2) is 9.79 Å². The molecule has 160 valence electrons. The fourth-order valence-electron chi connectivity index (χ4n) is 3.68. The number of thiophene rings is 1. The Morgan fingerprint density at radius 2 is 1.90 bits per heavy atom. The molecular formula is C24H24N2O3S2. The van der Waals surface area contributed by atoms with Crippen molar-refractivity contribution in [3.63, 3.8) is 0 Å². The van der Waals surface area contributed by atoms with Gasteiger partial charge in [-0.2, -0.15) is 0 Å². The van der Waals surface area contributed by atoms with Gasteiger partial charge in [-0.1, -0.05) is 62.4 Å². The molecule has 1 aliphatic heterocycles. The van der Waals surface area contributed by atoms with Gasteiger partial charge in [0.25, 0.3) is 5.56 Å². The van der Waals surface area contributed by atoms with Crippen molar-refractivity contribution in [1.29, 1.82) is 0 Å². The second kappa shape index (κ2) is 8.05. The third-order valence-electron chi connectivity index (χ3n) is 5.34. The second-order valence-corrected chi connectivity index (χ2v) is 10.4. The monoisotopic (exact) mass is 452 g/mol. The molecule has 0 fully saturated rings. The van der Waals surface area contributed by atoms with Crippen molar-refractivity contribution in [2.24, 2.45) is 4.99 Å². The highest BCUT2D eigenvalue weighted by Crippen LogP contribution is 2.32. The Morgan fingerprint density at radius 3 is 2.48 bits per heavy atom. The van der Waals surface area contributed by atoms with Crippen molar-refractivity contribution in [1.82, 2.24) is 4.57 Å². The Bertz CT molecular complexity index is 1340. The number of esters is 1. The van der Waals surface area contributed by atoms with Crippen LogP contribution in [0.3, 0.4) is 0 Å².